The van der Waals surface area contributed by atoms with Crippen molar-refractivity contribution in [3.63, 3.8) is 0 Å². The molecule has 0 amide bonds. The zero-order valence-electron chi connectivity index (χ0n) is 16.6. The number of rotatable bonds is 4. The molecule has 7 nitrogen and oxygen atoms in total. The fourth-order valence-electron chi connectivity index (χ4n) is 3.80. The van der Waals surface area contributed by atoms with E-state index in [1.807, 2.05) is 0 Å². The quantitative estimate of drug-likeness (QED) is 0.611. The molecule has 2 aliphatic heterocycles. The Morgan fingerprint density at radius 3 is 2.52 bits per heavy atom. The van der Waals surface area contributed by atoms with Gasteiger partial charge in [-0.15, -0.1) is 0 Å². The monoisotopic (exact) mass is 393 g/mol. The minimum absolute atomic E-state index is 0.280. The molecule has 2 heterocycles. The van der Waals surface area contributed by atoms with Gasteiger partial charge in [0.15, 0.2) is 5.96 Å². The number of hydrogen-bond acceptors (Lipinski definition) is 4. The highest BCUT2D eigenvalue weighted by molar-refractivity contribution is 7.89. The molecule has 1 aromatic rings. The molecular weight excluding hydrogens is 362 g/mol. The lowest BCUT2D eigenvalue weighted by Gasteiger charge is -2.38. The van der Waals surface area contributed by atoms with Crippen molar-refractivity contribution in [3.05, 3.63) is 29.3 Å². The molecule has 1 aromatic carbocycles. The van der Waals surface area contributed by atoms with E-state index in [-0.39, 0.29) is 5.75 Å². The molecule has 0 saturated carbocycles. The number of piperazine rings is 1. The number of anilines is 1. The van der Waals surface area contributed by atoms with Crippen molar-refractivity contribution in [2.45, 2.75) is 20.3 Å². The molecular formula is C19H31N5O2S. The van der Waals surface area contributed by atoms with Crippen LogP contribution < -0.4 is 10.2 Å². The van der Waals surface area contributed by atoms with Gasteiger partial charge in [-0.1, -0.05) is 12.1 Å². The summed E-state index contributed by atoms with van der Waals surface area (Å²) in [5.74, 6) is 1.13. The summed E-state index contributed by atoms with van der Waals surface area (Å²) in [5.41, 5.74) is 3.99. The molecule has 1 N–H and O–H groups in total. The number of hydrogen-bond donors (Lipinski definition) is 1. The second kappa shape index (κ2) is 8.48. The van der Waals surface area contributed by atoms with E-state index in [2.05, 4.69) is 52.2 Å². The van der Waals surface area contributed by atoms with E-state index in [0.717, 1.165) is 38.6 Å². The van der Waals surface area contributed by atoms with Crippen LogP contribution in [0, 0.1) is 13.8 Å². The van der Waals surface area contributed by atoms with Gasteiger partial charge in [0.2, 0.25) is 10.0 Å². The molecule has 2 fully saturated rings. The van der Waals surface area contributed by atoms with E-state index in [1.54, 1.807) is 11.4 Å². The van der Waals surface area contributed by atoms with E-state index in [1.165, 1.54) is 16.8 Å². The SMILES string of the molecule is CN=C(NCCN1CCCS1(=O)=O)N1CCN(c2cccc(C)c2C)CC1. The lowest BCUT2D eigenvalue weighted by molar-refractivity contribution is 0.368. The van der Waals surface area contributed by atoms with Crippen molar-refractivity contribution in [3.8, 4) is 0 Å². The van der Waals surface area contributed by atoms with Crippen molar-refractivity contribution in [2.75, 3.05) is 63.5 Å². The van der Waals surface area contributed by atoms with Crippen LogP contribution >= 0.6 is 0 Å². The minimum Gasteiger partial charge on any atom is -0.368 e. The highest BCUT2D eigenvalue weighted by Gasteiger charge is 2.28. The molecule has 27 heavy (non-hydrogen) atoms. The molecule has 0 spiro atoms. The fourth-order valence-corrected chi connectivity index (χ4v) is 5.33. The summed E-state index contributed by atoms with van der Waals surface area (Å²) in [7, 11) is -1.25. The van der Waals surface area contributed by atoms with Gasteiger partial charge >= 0.3 is 0 Å². The van der Waals surface area contributed by atoms with Crippen LogP contribution in [-0.2, 0) is 10.0 Å². The topological polar surface area (TPSA) is 68.2 Å². The van der Waals surface area contributed by atoms with E-state index >= 15 is 0 Å². The Bertz CT molecular complexity index is 785. The maximum atomic E-state index is 11.9. The van der Waals surface area contributed by atoms with Crippen LogP contribution in [0.15, 0.2) is 23.2 Å². The zero-order valence-corrected chi connectivity index (χ0v) is 17.4. The van der Waals surface area contributed by atoms with Gasteiger partial charge in [0.1, 0.15) is 0 Å². The average Bonchev–Trinajstić information content (AvgIpc) is 3.00. The van der Waals surface area contributed by atoms with Crippen molar-refractivity contribution in [1.82, 2.24) is 14.5 Å². The molecule has 2 saturated heterocycles. The summed E-state index contributed by atoms with van der Waals surface area (Å²) in [6.07, 6.45) is 0.734. The molecule has 0 radical (unpaired) electrons. The van der Waals surface area contributed by atoms with Crippen molar-refractivity contribution >= 4 is 21.7 Å². The Balaban J connectivity index is 1.51. The third-order valence-electron chi connectivity index (χ3n) is 5.56. The van der Waals surface area contributed by atoms with Gasteiger partial charge in [0.05, 0.1) is 5.75 Å². The van der Waals surface area contributed by atoms with Crippen LogP contribution in [0.2, 0.25) is 0 Å². The summed E-state index contributed by atoms with van der Waals surface area (Å²) in [6.45, 7) is 9.76. The molecule has 3 rings (SSSR count). The normalized spacial score (nSPS) is 20.9. The zero-order chi connectivity index (χ0) is 19.4. The Morgan fingerprint density at radius 1 is 1.15 bits per heavy atom. The summed E-state index contributed by atoms with van der Waals surface area (Å²) >= 11 is 0. The van der Waals surface area contributed by atoms with Crippen molar-refractivity contribution in [2.24, 2.45) is 4.99 Å². The maximum Gasteiger partial charge on any atom is 0.214 e. The molecule has 0 unspecified atom stereocenters. The van der Waals surface area contributed by atoms with Gasteiger partial charge in [-0.2, -0.15) is 0 Å². The smallest absolute Gasteiger partial charge is 0.214 e. The molecule has 8 heteroatoms. The molecule has 0 bridgehead atoms. The number of benzene rings is 1. The fraction of sp³-hybridized carbons (Fsp3) is 0.632. The van der Waals surface area contributed by atoms with E-state index in [4.69, 9.17) is 0 Å². The number of nitrogens with zero attached hydrogens (tertiary/aromatic N) is 4. The predicted molar refractivity (Wildman–Crippen MR) is 111 cm³/mol. The van der Waals surface area contributed by atoms with E-state index in [9.17, 15) is 8.42 Å². The van der Waals surface area contributed by atoms with Gasteiger partial charge in [0, 0.05) is 58.5 Å². The molecule has 0 atom stereocenters. The summed E-state index contributed by atoms with van der Waals surface area (Å²) in [4.78, 5) is 9.07. The van der Waals surface area contributed by atoms with Crippen LogP contribution in [0.3, 0.4) is 0 Å². The van der Waals surface area contributed by atoms with Crippen LogP contribution in [0.1, 0.15) is 17.5 Å². The van der Waals surface area contributed by atoms with Crippen LogP contribution in [-0.4, -0.2) is 82.2 Å². The van der Waals surface area contributed by atoms with Crippen LogP contribution in [0.5, 0.6) is 0 Å². The third-order valence-corrected chi connectivity index (χ3v) is 7.51. The van der Waals surface area contributed by atoms with Gasteiger partial charge in [-0.3, -0.25) is 4.99 Å². The first kappa shape index (κ1) is 19.9. The predicted octanol–water partition coefficient (Wildman–Crippen LogP) is 1.04. The Hall–Kier alpha value is -1.80. The summed E-state index contributed by atoms with van der Waals surface area (Å²) < 4.78 is 25.3. The number of sulfonamides is 1. The maximum absolute atomic E-state index is 11.9. The average molecular weight is 394 g/mol. The number of guanidine groups is 1. The van der Waals surface area contributed by atoms with Crippen molar-refractivity contribution in [1.29, 1.82) is 0 Å². The number of aliphatic imine (C=N–C) groups is 1. The van der Waals surface area contributed by atoms with Crippen molar-refractivity contribution < 1.29 is 8.42 Å². The third kappa shape index (κ3) is 4.55. The Morgan fingerprint density at radius 2 is 1.89 bits per heavy atom. The van der Waals surface area contributed by atoms with E-state index in [0.29, 0.717) is 19.6 Å². The van der Waals surface area contributed by atoms with Crippen LogP contribution in [0.25, 0.3) is 0 Å². The summed E-state index contributed by atoms with van der Waals surface area (Å²) in [5, 5.41) is 3.33. The molecule has 0 aromatic heterocycles. The molecule has 2 aliphatic rings. The number of aryl methyl sites for hydroxylation is 1. The van der Waals surface area contributed by atoms with Gasteiger partial charge in [-0.05, 0) is 37.5 Å². The number of nitrogens with one attached hydrogen (secondary N) is 1. The Labute approximate surface area is 163 Å². The first-order chi connectivity index (χ1) is 12.9. The second-order valence-electron chi connectivity index (χ2n) is 7.24. The second-order valence-corrected chi connectivity index (χ2v) is 9.32. The van der Waals surface area contributed by atoms with Gasteiger partial charge in [0.25, 0.3) is 0 Å². The van der Waals surface area contributed by atoms with Gasteiger partial charge in [-0.25, -0.2) is 12.7 Å². The highest BCUT2D eigenvalue weighted by Crippen LogP contribution is 2.23. The lowest BCUT2D eigenvalue weighted by Crippen LogP contribution is -2.53. The molecule has 150 valence electrons. The molecule has 0 aliphatic carbocycles. The first-order valence-electron chi connectivity index (χ1n) is 9.67. The van der Waals surface area contributed by atoms with Crippen LogP contribution in [0.4, 0.5) is 5.69 Å². The highest BCUT2D eigenvalue weighted by atomic mass is 32.2. The lowest BCUT2D eigenvalue weighted by atomic mass is 10.1. The largest absolute Gasteiger partial charge is 0.368 e. The standard InChI is InChI=1S/C19H31N5O2S/c1-16-6-4-7-18(17(16)2)22-11-13-23(14-12-22)19(20-3)21-8-10-24-9-5-15-27(24,25)26/h4,6-7H,5,8-15H2,1-3H3,(H,20,21). The van der Waals surface area contributed by atoms with Gasteiger partial charge < -0.3 is 15.1 Å². The minimum atomic E-state index is -3.03. The first-order valence-corrected chi connectivity index (χ1v) is 11.3. The Kier molecular flexibility index (Phi) is 6.26. The van der Waals surface area contributed by atoms with E-state index < -0.39 is 10.0 Å². The summed E-state index contributed by atoms with van der Waals surface area (Å²) in [6, 6.07) is 6.47.